The zero-order valence-corrected chi connectivity index (χ0v) is 12.1. The van der Waals surface area contributed by atoms with Crippen LogP contribution in [0.3, 0.4) is 0 Å². The van der Waals surface area contributed by atoms with E-state index in [0.717, 1.165) is 11.3 Å². The maximum Gasteiger partial charge on any atom is 0.179 e. The van der Waals surface area contributed by atoms with E-state index in [1.54, 1.807) is 43.5 Å². The fraction of sp³-hybridized carbons (Fsp3) is 0.235. The number of halogens is 1. The molecule has 0 amide bonds. The summed E-state index contributed by atoms with van der Waals surface area (Å²) in [4.78, 5) is 12.3. The van der Waals surface area contributed by atoms with Crippen molar-refractivity contribution in [3.63, 3.8) is 0 Å². The van der Waals surface area contributed by atoms with Gasteiger partial charge in [0.15, 0.2) is 5.78 Å². The van der Waals surface area contributed by atoms with Crippen LogP contribution in [0.5, 0.6) is 5.75 Å². The van der Waals surface area contributed by atoms with Crippen LogP contribution in [0.2, 0.25) is 0 Å². The Morgan fingerprint density at radius 3 is 2.33 bits per heavy atom. The van der Waals surface area contributed by atoms with Crippen molar-refractivity contribution >= 4 is 5.78 Å². The summed E-state index contributed by atoms with van der Waals surface area (Å²) < 4.78 is 17.9. The lowest BCUT2D eigenvalue weighted by atomic mass is 10.0. The normalized spacial score (nSPS) is 12.0. The Hall–Kier alpha value is -2.20. The average Bonchev–Trinajstić information content (AvgIpc) is 2.53. The highest BCUT2D eigenvalue weighted by atomic mass is 19.1. The lowest BCUT2D eigenvalue weighted by Gasteiger charge is -2.13. The molecule has 0 aliphatic rings. The molecule has 0 spiro atoms. The van der Waals surface area contributed by atoms with Crippen molar-refractivity contribution in [2.45, 2.75) is 19.5 Å². The number of ketones is 1. The maximum absolute atomic E-state index is 12.8. The van der Waals surface area contributed by atoms with Gasteiger partial charge in [0.25, 0.3) is 0 Å². The minimum Gasteiger partial charge on any atom is -0.497 e. The number of rotatable bonds is 6. The van der Waals surface area contributed by atoms with Crippen molar-refractivity contribution in [2.24, 2.45) is 0 Å². The molecule has 0 saturated carbocycles. The first-order valence-corrected chi connectivity index (χ1v) is 6.76. The molecule has 110 valence electrons. The number of hydrogen-bond donors (Lipinski definition) is 1. The minimum absolute atomic E-state index is 0.0137. The van der Waals surface area contributed by atoms with E-state index in [1.165, 1.54) is 12.1 Å². The van der Waals surface area contributed by atoms with E-state index in [-0.39, 0.29) is 17.6 Å². The molecule has 0 aliphatic heterocycles. The van der Waals surface area contributed by atoms with Crippen LogP contribution >= 0.6 is 0 Å². The highest BCUT2D eigenvalue weighted by Crippen LogP contribution is 2.13. The van der Waals surface area contributed by atoms with E-state index in [9.17, 15) is 9.18 Å². The van der Waals surface area contributed by atoms with Gasteiger partial charge in [0.1, 0.15) is 11.6 Å². The fourth-order valence-corrected chi connectivity index (χ4v) is 1.97. The van der Waals surface area contributed by atoms with Crippen molar-refractivity contribution in [3.8, 4) is 5.75 Å². The summed E-state index contributed by atoms with van der Waals surface area (Å²) in [5, 5.41) is 3.14. The molecule has 1 N–H and O–H groups in total. The van der Waals surface area contributed by atoms with Crippen LogP contribution in [0, 0.1) is 5.82 Å². The molecular formula is C17H18FNO2. The third-order valence-corrected chi connectivity index (χ3v) is 3.29. The monoisotopic (exact) mass is 287 g/mol. The molecule has 2 aromatic carbocycles. The Balaban J connectivity index is 1.93. The summed E-state index contributed by atoms with van der Waals surface area (Å²) in [6.07, 6.45) is 0. The van der Waals surface area contributed by atoms with Gasteiger partial charge >= 0.3 is 0 Å². The van der Waals surface area contributed by atoms with E-state index in [2.05, 4.69) is 5.32 Å². The molecule has 21 heavy (non-hydrogen) atoms. The number of ether oxygens (including phenoxy) is 1. The van der Waals surface area contributed by atoms with Crippen molar-refractivity contribution in [1.82, 2.24) is 5.32 Å². The summed E-state index contributed by atoms with van der Waals surface area (Å²) in [6.45, 7) is 2.33. The van der Waals surface area contributed by atoms with Crippen molar-refractivity contribution in [1.29, 1.82) is 0 Å². The highest BCUT2D eigenvalue weighted by molar-refractivity contribution is 5.99. The molecule has 0 fully saturated rings. The largest absolute Gasteiger partial charge is 0.497 e. The van der Waals surface area contributed by atoms with Gasteiger partial charge in [-0.05, 0) is 48.9 Å². The average molecular weight is 287 g/mol. The molecule has 0 bridgehead atoms. The zero-order chi connectivity index (χ0) is 15.2. The lowest BCUT2D eigenvalue weighted by Crippen LogP contribution is -2.33. The van der Waals surface area contributed by atoms with Crippen LogP contribution in [0.1, 0.15) is 22.8 Å². The molecule has 1 unspecified atom stereocenters. The van der Waals surface area contributed by atoms with Gasteiger partial charge in [-0.25, -0.2) is 4.39 Å². The second-order valence-corrected chi connectivity index (χ2v) is 4.82. The second kappa shape index (κ2) is 6.99. The lowest BCUT2D eigenvalue weighted by molar-refractivity contribution is 0.0950. The van der Waals surface area contributed by atoms with E-state index >= 15 is 0 Å². The molecule has 4 heteroatoms. The summed E-state index contributed by atoms with van der Waals surface area (Å²) in [5.74, 6) is 0.472. The predicted octanol–water partition coefficient (Wildman–Crippen LogP) is 3.20. The van der Waals surface area contributed by atoms with Gasteiger partial charge in [-0.3, -0.25) is 4.79 Å². The number of methoxy groups -OCH3 is 1. The van der Waals surface area contributed by atoms with Crippen LogP contribution in [-0.2, 0) is 6.54 Å². The van der Waals surface area contributed by atoms with Crippen LogP contribution in [0.25, 0.3) is 0 Å². The molecule has 3 nitrogen and oxygen atoms in total. The van der Waals surface area contributed by atoms with Gasteiger partial charge in [-0.15, -0.1) is 0 Å². The predicted molar refractivity (Wildman–Crippen MR) is 80.0 cm³/mol. The summed E-state index contributed by atoms with van der Waals surface area (Å²) in [7, 11) is 1.59. The number of benzene rings is 2. The minimum atomic E-state index is -0.316. The molecule has 1 atom stereocenters. The van der Waals surface area contributed by atoms with Gasteiger partial charge < -0.3 is 10.1 Å². The third-order valence-electron chi connectivity index (χ3n) is 3.29. The molecule has 2 rings (SSSR count). The van der Waals surface area contributed by atoms with Crippen molar-refractivity contribution in [3.05, 3.63) is 65.5 Å². The number of carbonyl (C=O) groups excluding carboxylic acids is 1. The molecule has 0 radical (unpaired) electrons. The summed E-state index contributed by atoms with van der Waals surface area (Å²) in [6, 6.07) is 12.9. The van der Waals surface area contributed by atoms with Crippen LogP contribution < -0.4 is 10.1 Å². The quantitative estimate of drug-likeness (QED) is 0.829. The summed E-state index contributed by atoms with van der Waals surface area (Å²) >= 11 is 0. The zero-order valence-electron chi connectivity index (χ0n) is 12.1. The first kappa shape index (κ1) is 15.2. The topological polar surface area (TPSA) is 38.3 Å². The Kier molecular flexibility index (Phi) is 5.06. The Morgan fingerprint density at radius 1 is 1.14 bits per heavy atom. The van der Waals surface area contributed by atoms with Crippen molar-refractivity contribution < 1.29 is 13.9 Å². The number of Topliss-reactive ketones (excluding diaryl/α,β-unsaturated/α-hetero) is 1. The van der Waals surface area contributed by atoms with E-state index in [1.807, 2.05) is 6.92 Å². The second-order valence-electron chi connectivity index (χ2n) is 4.82. The maximum atomic E-state index is 12.8. The highest BCUT2D eigenvalue weighted by Gasteiger charge is 2.14. The Labute approximate surface area is 123 Å². The standard InChI is InChI=1S/C17H18FNO2/c1-12(19-11-13-3-7-15(18)8-4-13)17(20)14-5-9-16(21-2)10-6-14/h3-10,12,19H,11H2,1-2H3. The molecule has 0 aromatic heterocycles. The van der Waals surface area contributed by atoms with Crippen molar-refractivity contribution in [2.75, 3.05) is 7.11 Å². The number of carbonyl (C=O) groups is 1. The molecular weight excluding hydrogens is 269 g/mol. The van der Waals surface area contributed by atoms with Crippen LogP contribution in [0.4, 0.5) is 4.39 Å². The van der Waals surface area contributed by atoms with Gasteiger partial charge in [-0.2, -0.15) is 0 Å². The molecule has 0 heterocycles. The third kappa shape index (κ3) is 4.13. The van der Waals surface area contributed by atoms with Crippen LogP contribution in [-0.4, -0.2) is 18.9 Å². The van der Waals surface area contributed by atoms with E-state index in [0.29, 0.717) is 12.1 Å². The SMILES string of the molecule is COc1ccc(C(=O)C(C)NCc2ccc(F)cc2)cc1. The van der Waals surface area contributed by atoms with E-state index in [4.69, 9.17) is 4.74 Å². The van der Waals surface area contributed by atoms with Gasteiger partial charge in [0.05, 0.1) is 13.2 Å². The van der Waals surface area contributed by atoms with Gasteiger partial charge in [-0.1, -0.05) is 12.1 Å². The van der Waals surface area contributed by atoms with Gasteiger partial charge in [0.2, 0.25) is 0 Å². The molecule has 0 aliphatic carbocycles. The molecule has 2 aromatic rings. The first-order chi connectivity index (χ1) is 10.1. The summed E-state index contributed by atoms with van der Waals surface area (Å²) in [5.41, 5.74) is 1.57. The first-order valence-electron chi connectivity index (χ1n) is 6.76. The smallest absolute Gasteiger partial charge is 0.179 e. The van der Waals surface area contributed by atoms with Crippen LogP contribution in [0.15, 0.2) is 48.5 Å². The number of nitrogens with one attached hydrogen (secondary N) is 1. The van der Waals surface area contributed by atoms with Gasteiger partial charge in [0, 0.05) is 12.1 Å². The molecule has 0 saturated heterocycles. The fourth-order valence-electron chi connectivity index (χ4n) is 1.97. The van der Waals surface area contributed by atoms with E-state index < -0.39 is 0 Å². The Morgan fingerprint density at radius 2 is 1.76 bits per heavy atom. The number of hydrogen-bond acceptors (Lipinski definition) is 3. The Bertz CT molecular complexity index is 593.